The van der Waals surface area contributed by atoms with Gasteiger partial charge in [-0.3, -0.25) is 0 Å². The van der Waals surface area contributed by atoms with E-state index in [9.17, 15) is 4.39 Å². The molecule has 0 amide bonds. The van der Waals surface area contributed by atoms with Crippen LogP contribution >= 0.6 is 11.3 Å². The highest BCUT2D eigenvalue weighted by Gasteiger charge is 2.07. The van der Waals surface area contributed by atoms with Crippen molar-refractivity contribution in [3.63, 3.8) is 0 Å². The zero-order chi connectivity index (χ0) is 11.4. The standard InChI is InChI=1S/C11H12FN3S/c12-9-4-2-1-3-8(9)7-11-15-14-10(16-11)5-6-13/h1-4H,5-7,13H2. The zero-order valence-electron chi connectivity index (χ0n) is 8.69. The van der Waals surface area contributed by atoms with Gasteiger partial charge in [-0.1, -0.05) is 18.2 Å². The van der Waals surface area contributed by atoms with E-state index in [0.29, 0.717) is 18.5 Å². The summed E-state index contributed by atoms with van der Waals surface area (Å²) in [6.07, 6.45) is 1.23. The van der Waals surface area contributed by atoms with E-state index in [1.807, 2.05) is 6.07 Å². The Kier molecular flexibility index (Phi) is 3.58. The van der Waals surface area contributed by atoms with Crippen molar-refractivity contribution in [1.29, 1.82) is 0 Å². The molecule has 1 aromatic carbocycles. The molecule has 1 aromatic heterocycles. The van der Waals surface area contributed by atoms with Crippen molar-refractivity contribution in [1.82, 2.24) is 10.2 Å². The van der Waals surface area contributed by atoms with E-state index in [0.717, 1.165) is 16.4 Å². The van der Waals surface area contributed by atoms with Crippen LogP contribution in [-0.4, -0.2) is 16.7 Å². The minimum Gasteiger partial charge on any atom is -0.330 e. The fourth-order valence-electron chi connectivity index (χ4n) is 1.39. The van der Waals surface area contributed by atoms with Crippen molar-refractivity contribution in [2.45, 2.75) is 12.8 Å². The Bertz CT molecular complexity index is 470. The predicted octanol–water partition coefficient (Wildman–Crippen LogP) is 1.77. The molecule has 2 rings (SSSR count). The summed E-state index contributed by atoms with van der Waals surface area (Å²) in [6.45, 7) is 0.564. The van der Waals surface area contributed by atoms with Crippen LogP contribution in [-0.2, 0) is 12.8 Å². The summed E-state index contributed by atoms with van der Waals surface area (Å²) < 4.78 is 13.4. The second-order valence-electron chi connectivity index (χ2n) is 3.40. The normalized spacial score (nSPS) is 10.6. The number of aromatic nitrogens is 2. The smallest absolute Gasteiger partial charge is 0.126 e. The van der Waals surface area contributed by atoms with Gasteiger partial charge in [0, 0.05) is 12.8 Å². The largest absolute Gasteiger partial charge is 0.330 e. The highest BCUT2D eigenvalue weighted by atomic mass is 32.1. The van der Waals surface area contributed by atoms with Crippen molar-refractivity contribution in [2.24, 2.45) is 5.73 Å². The van der Waals surface area contributed by atoms with E-state index in [-0.39, 0.29) is 5.82 Å². The summed E-state index contributed by atoms with van der Waals surface area (Å²) in [6, 6.07) is 6.72. The van der Waals surface area contributed by atoms with Crippen LogP contribution in [0.3, 0.4) is 0 Å². The summed E-state index contributed by atoms with van der Waals surface area (Å²) >= 11 is 1.49. The molecule has 0 unspecified atom stereocenters. The van der Waals surface area contributed by atoms with Gasteiger partial charge in [-0.15, -0.1) is 21.5 Å². The summed E-state index contributed by atoms with van der Waals surface area (Å²) in [7, 11) is 0. The van der Waals surface area contributed by atoms with E-state index in [1.54, 1.807) is 12.1 Å². The van der Waals surface area contributed by atoms with Gasteiger partial charge in [0.2, 0.25) is 0 Å². The number of hydrogen-bond acceptors (Lipinski definition) is 4. The fourth-order valence-corrected chi connectivity index (χ4v) is 2.27. The third-order valence-electron chi connectivity index (χ3n) is 2.17. The lowest BCUT2D eigenvalue weighted by Gasteiger charge is -1.98. The molecule has 16 heavy (non-hydrogen) atoms. The Morgan fingerprint density at radius 1 is 1.19 bits per heavy atom. The van der Waals surface area contributed by atoms with Gasteiger partial charge < -0.3 is 5.73 Å². The SMILES string of the molecule is NCCc1nnc(Cc2ccccc2F)s1. The first-order chi connectivity index (χ1) is 7.79. The highest BCUT2D eigenvalue weighted by molar-refractivity contribution is 7.11. The second-order valence-corrected chi connectivity index (χ2v) is 4.54. The lowest BCUT2D eigenvalue weighted by Crippen LogP contribution is -2.01. The van der Waals surface area contributed by atoms with Gasteiger partial charge in [0.1, 0.15) is 15.8 Å². The molecule has 2 N–H and O–H groups in total. The van der Waals surface area contributed by atoms with Crippen LogP contribution in [0.4, 0.5) is 4.39 Å². The Morgan fingerprint density at radius 2 is 1.94 bits per heavy atom. The Morgan fingerprint density at radius 3 is 2.69 bits per heavy atom. The average molecular weight is 237 g/mol. The molecule has 0 saturated heterocycles. The van der Waals surface area contributed by atoms with Gasteiger partial charge in [-0.2, -0.15) is 0 Å². The number of halogens is 1. The Balaban J connectivity index is 2.11. The van der Waals surface area contributed by atoms with Crippen LogP contribution < -0.4 is 5.73 Å². The van der Waals surface area contributed by atoms with E-state index in [4.69, 9.17) is 5.73 Å². The van der Waals surface area contributed by atoms with Crippen molar-refractivity contribution in [2.75, 3.05) is 6.54 Å². The molecule has 0 aliphatic carbocycles. The molecule has 84 valence electrons. The summed E-state index contributed by atoms with van der Waals surface area (Å²) in [5, 5.41) is 9.75. The number of rotatable bonds is 4. The zero-order valence-corrected chi connectivity index (χ0v) is 9.51. The molecular weight excluding hydrogens is 225 g/mol. The maximum absolute atomic E-state index is 13.4. The van der Waals surface area contributed by atoms with Crippen LogP contribution in [0.15, 0.2) is 24.3 Å². The Labute approximate surface area is 97.1 Å². The van der Waals surface area contributed by atoms with E-state index in [1.165, 1.54) is 17.4 Å². The first-order valence-corrected chi connectivity index (χ1v) is 5.86. The van der Waals surface area contributed by atoms with Crippen molar-refractivity contribution >= 4 is 11.3 Å². The molecule has 0 aliphatic heterocycles. The lowest BCUT2D eigenvalue weighted by atomic mass is 10.1. The minimum atomic E-state index is -0.196. The number of nitrogens with zero attached hydrogens (tertiary/aromatic N) is 2. The van der Waals surface area contributed by atoms with Gasteiger partial charge in [-0.25, -0.2) is 4.39 Å². The van der Waals surface area contributed by atoms with E-state index >= 15 is 0 Å². The quantitative estimate of drug-likeness (QED) is 0.881. The average Bonchev–Trinajstić information content (AvgIpc) is 2.70. The van der Waals surface area contributed by atoms with E-state index in [2.05, 4.69) is 10.2 Å². The summed E-state index contributed by atoms with van der Waals surface area (Å²) in [4.78, 5) is 0. The molecule has 5 heteroatoms. The molecule has 0 radical (unpaired) electrons. The highest BCUT2D eigenvalue weighted by Crippen LogP contribution is 2.16. The van der Waals surface area contributed by atoms with Gasteiger partial charge in [-0.05, 0) is 18.2 Å². The maximum atomic E-state index is 13.4. The first kappa shape index (κ1) is 11.2. The molecule has 1 heterocycles. The molecule has 0 saturated carbocycles. The molecule has 0 atom stereocenters. The molecule has 0 aliphatic rings. The van der Waals surface area contributed by atoms with Crippen LogP contribution in [0.5, 0.6) is 0 Å². The molecular formula is C11H12FN3S. The van der Waals surface area contributed by atoms with Crippen LogP contribution in [0.1, 0.15) is 15.6 Å². The van der Waals surface area contributed by atoms with Gasteiger partial charge >= 0.3 is 0 Å². The number of benzene rings is 1. The number of nitrogens with two attached hydrogens (primary N) is 1. The van der Waals surface area contributed by atoms with Crippen LogP contribution in [0.25, 0.3) is 0 Å². The molecule has 3 nitrogen and oxygen atoms in total. The third kappa shape index (κ3) is 2.62. The van der Waals surface area contributed by atoms with Crippen LogP contribution in [0, 0.1) is 5.82 Å². The molecule has 0 spiro atoms. The summed E-state index contributed by atoms with van der Waals surface area (Å²) in [5.74, 6) is -0.196. The first-order valence-electron chi connectivity index (χ1n) is 5.04. The van der Waals surface area contributed by atoms with E-state index < -0.39 is 0 Å². The Hall–Kier alpha value is -1.33. The molecule has 2 aromatic rings. The fraction of sp³-hybridized carbons (Fsp3) is 0.273. The predicted molar refractivity (Wildman–Crippen MR) is 61.9 cm³/mol. The molecule has 0 fully saturated rings. The number of hydrogen-bond donors (Lipinski definition) is 1. The lowest BCUT2D eigenvalue weighted by molar-refractivity contribution is 0.613. The van der Waals surface area contributed by atoms with Gasteiger partial charge in [0.25, 0.3) is 0 Å². The molecule has 0 bridgehead atoms. The van der Waals surface area contributed by atoms with Crippen molar-refractivity contribution in [3.8, 4) is 0 Å². The maximum Gasteiger partial charge on any atom is 0.126 e. The van der Waals surface area contributed by atoms with Crippen molar-refractivity contribution in [3.05, 3.63) is 45.7 Å². The minimum absolute atomic E-state index is 0.196. The van der Waals surface area contributed by atoms with Crippen LogP contribution in [0.2, 0.25) is 0 Å². The summed E-state index contributed by atoms with van der Waals surface area (Å²) in [5.41, 5.74) is 6.08. The van der Waals surface area contributed by atoms with Gasteiger partial charge in [0.15, 0.2) is 0 Å². The monoisotopic (exact) mass is 237 g/mol. The van der Waals surface area contributed by atoms with Gasteiger partial charge in [0.05, 0.1) is 0 Å². The van der Waals surface area contributed by atoms with Crippen molar-refractivity contribution < 1.29 is 4.39 Å². The topological polar surface area (TPSA) is 51.8 Å². The third-order valence-corrected chi connectivity index (χ3v) is 3.15. The second kappa shape index (κ2) is 5.14.